The van der Waals surface area contributed by atoms with E-state index in [1.54, 1.807) is 0 Å². The van der Waals surface area contributed by atoms with Gasteiger partial charge >= 0.3 is 0 Å². The summed E-state index contributed by atoms with van der Waals surface area (Å²) >= 11 is 11.8. The second-order valence-electron chi connectivity index (χ2n) is 3.65. The lowest BCUT2D eigenvalue weighted by Gasteiger charge is -2.09. The Bertz CT molecular complexity index is 301. The van der Waals surface area contributed by atoms with E-state index in [4.69, 9.17) is 23.2 Å². The number of hydrogen-bond donors (Lipinski definition) is 0. The van der Waals surface area contributed by atoms with Crippen LogP contribution >= 0.6 is 23.2 Å². The van der Waals surface area contributed by atoms with Gasteiger partial charge < -0.3 is 0 Å². The number of rotatable bonds is 1. The lowest BCUT2D eigenvalue weighted by molar-refractivity contribution is 0.723. The van der Waals surface area contributed by atoms with Crippen LogP contribution in [-0.4, -0.2) is 0 Å². The van der Waals surface area contributed by atoms with Crippen LogP contribution in [0.3, 0.4) is 0 Å². The van der Waals surface area contributed by atoms with Crippen molar-refractivity contribution in [2.75, 3.05) is 0 Å². The van der Waals surface area contributed by atoms with E-state index in [1.807, 2.05) is 12.1 Å². The van der Waals surface area contributed by atoms with Crippen LogP contribution in [0.25, 0.3) is 0 Å². The summed E-state index contributed by atoms with van der Waals surface area (Å²) in [6, 6.07) is 6.02. The summed E-state index contributed by atoms with van der Waals surface area (Å²) < 4.78 is 0. The molecular weight excluding hydrogens is 203 g/mol. The molecule has 1 aromatic carbocycles. The molecule has 0 saturated heterocycles. The first-order valence-electron chi connectivity index (χ1n) is 4.72. The molecule has 0 unspecified atom stereocenters. The maximum Gasteiger partial charge on any atom is 0.0595 e. The van der Waals surface area contributed by atoms with Crippen molar-refractivity contribution in [1.29, 1.82) is 0 Å². The van der Waals surface area contributed by atoms with Crippen LogP contribution in [0.2, 0.25) is 10.0 Å². The second kappa shape index (κ2) is 3.89. The highest BCUT2D eigenvalue weighted by Gasteiger charge is 2.17. The van der Waals surface area contributed by atoms with Gasteiger partial charge in [0.05, 0.1) is 10.0 Å². The van der Waals surface area contributed by atoms with E-state index in [-0.39, 0.29) is 0 Å². The molecule has 1 saturated carbocycles. The van der Waals surface area contributed by atoms with Gasteiger partial charge in [0.1, 0.15) is 0 Å². The summed E-state index contributed by atoms with van der Waals surface area (Å²) in [6.07, 6.45) is 5.31. The largest absolute Gasteiger partial charge is 0.0827 e. The molecular formula is C11H12Cl2. The highest BCUT2D eigenvalue weighted by atomic mass is 35.5. The van der Waals surface area contributed by atoms with Crippen molar-refractivity contribution < 1.29 is 0 Å². The second-order valence-corrected chi connectivity index (χ2v) is 4.47. The SMILES string of the molecule is Clc1ccc(C2CCCC2)cc1Cl. The normalized spacial score (nSPS) is 18.0. The molecule has 0 bridgehead atoms. The molecule has 1 aliphatic rings. The molecule has 0 atom stereocenters. The van der Waals surface area contributed by atoms with Crippen molar-refractivity contribution in [1.82, 2.24) is 0 Å². The molecule has 0 N–H and O–H groups in total. The molecule has 13 heavy (non-hydrogen) atoms. The van der Waals surface area contributed by atoms with Gasteiger partial charge in [0.25, 0.3) is 0 Å². The summed E-state index contributed by atoms with van der Waals surface area (Å²) in [4.78, 5) is 0. The molecule has 2 heteroatoms. The monoisotopic (exact) mass is 214 g/mol. The summed E-state index contributed by atoms with van der Waals surface area (Å²) in [5.74, 6) is 0.717. The predicted molar refractivity (Wildman–Crippen MR) is 57.7 cm³/mol. The van der Waals surface area contributed by atoms with Gasteiger partial charge in [-0.2, -0.15) is 0 Å². The third-order valence-corrected chi connectivity index (χ3v) is 3.51. The fourth-order valence-corrected chi connectivity index (χ4v) is 2.33. The van der Waals surface area contributed by atoms with Crippen molar-refractivity contribution in [2.24, 2.45) is 0 Å². The first-order valence-corrected chi connectivity index (χ1v) is 5.48. The van der Waals surface area contributed by atoms with Gasteiger partial charge in [-0.05, 0) is 36.5 Å². The Morgan fingerprint density at radius 2 is 1.69 bits per heavy atom. The number of hydrogen-bond acceptors (Lipinski definition) is 0. The minimum absolute atomic E-state index is 0.656. The van der Waals surface area contributed by atoms with E-state index in [1.165, 1.54) is 31.2 Å². The van der Waals surface area contributed by atoms with Crippen LogP contribution in [-0.2, 0) is 0 Å². The van der Waals surface area contributed by atoms with E-state index < -0.39 is 0 Å². The maximum absolute atomic E-state index is 5.96. The van der Waals surface area contributed by atoms with Crippen molar-refractivity contribution >= 4 is 23.2 Å². The Morgan fingerprint density at radius 1 is 1.00 bits per heavy atom. The van der Waals surface area contributed by atoms with Crippen molar-refractivity contribution in [2.45, 2.75) is 31.6 Å². The predicted octanol–water partition coefficient (Wildman–Crippen LogP) is 4.65. The van der Waals surface area contributed by atoms with Gasteiger partial charge in [-0.25, -0.2) is 0 Å². The Hall–Kier alpha value is -0.200. The molecule has 0 amide bonds. The topological polar surface area (TPSA) is 0 Å². The van der Waals surface area contributed by atoms with Gasteiger partial charge in [-0.1, -0.05) is 42.1 Å². The van der Waals surface area contributed by atoms with E-state index in [2.05, 4.69) is 6.07 Å². The molecule has 2 rings (SSSR count). The average molecular weight is 215 g/mol. The Morgan fingerprint density at radius 3 is 2.31 bits per heavy atom. The Balaban J connectivity index is 2.25. The smallest absolute Gasteiger partial charge is 0.0595 e. The van der Waals surface area contributed by atoms with Crippen molar-refractivity contribution in [3.63, 3.8) is 0 Å². The number of halogens is 2. The minimum Gasteiger partial charge on any atom is -0.0827 e. The highest BCUT2D eigenvalue weighted by molar-refractivity contribution is 6.42. The first-order chi connectivity index (χ1) is 6.27. The third kappa shape index (κ3) is 2.00. The molecule has 0 aromatic heterocycles. The minimum atomic E-state index is 0.656. The van der Waals surface area contributed by atoms with E-state index in [0.717, 1.165) is 5.92 Å². The Kier molecular flexibility index (Phi) is 2.80. The fourth-order valence-electron chi connectivity index (χ4n) is 2.03. The molecule has 1 fully saturated rings. The summed E-state index contributed by atoms with van der Waals surface area (Å²) in [5, 5.41) is 1.34. The summed E-state index contributed by atoms with van der Waals surface area (Å²) in [5.41, 5.74) is 1.35. The molecule has 0 heterocycles. The third-order valence-electron chi connectivity index (χ3n) is 2.77. The lowest BCUT2D eigenvalue weighted by Crippen LogP contribution is -1.91. The van der Waals surface area contributed by atoms with Crippen molar-refractivity contribution in [3.05, 3.63) is 33.8 Å². The van der Waals surface area contributed by atoms with Crippen LogP contribution in [0.4, 0.5) is 0 Å². The van der Waals surface area contributed by atoms with Gasteiger partial charge in [-0.3, -0.25) is 0 Å². The molecule has 1 aromatic rings. The van der Waals surface area contributed by atoms with Crippen LogP contribution in [0.5, 0.6) is 0 Å². The summed E-state index contributed by atoms with van der Waals surface area (Å²) in [6.45, 7) is 0. The van der Waals surface area contributed by atoms with Crippen molar-refractivity contribution in [3.8, 4) is 0 Å². The molecule has 0 spiro atoms. The molecule has 0 nitrogen and oxygen atoms in total. The zero-order valence-corrected chi connectivity index (χ0v) is 8.91. The summed E-state index contributed by atoms with van der Waals surface area (Å²) in [7, 11) is 0. The van der Waals surface area contributed by atoms with Crippen LogP contribution < -0.4 is 0 Å². The van der Waals surface area contributed by atoms with Gasteiger partial charge in [0, 0.05) is 0 Å². The molecule has 0 aliphatic heterocycles. The fraction of sp³-hybridized carbons (Fsp3) is 0.455. The van der Waals surface area contributed by atoms with Gasteiger partial charge in [0.2, 0.25) is 0 Å². The number of benzene rings is 1. The maximum atomic E-state index is 5.96. The van der Waals surface area contributed by atoms with E-state index >= 15 is 0 Å². The first kappa shape index (κ1) is 9.36. The van der Waals surface area contributed by atoms with Crippen LogP contribution in [0, 0.1) is 0 Å². The van der Waals surface area contributed by atoms with Gasteiger partial charge in [0.15, 0.2) is 0 Å². The zero-order valence-electron chi connectivity index (χ0n) is 7.39. The zero-order chi connectivity index (χ0) is 9.26. The molecule has 0 radical (unpaired) electrons. The molecule has 70 valence electrons. The van der Waals surface area contributed by atoms with E-state index in [0.29, 0.717) is 10.0 Å². The highest BCUT2D eigenvalue weighted by Crippen LogP contribution is 2.36. The lowest BCUT2D eigenvalue weighted by atomic mass is 9.98. The van der Waals surface area contributed by atoms with Crippen LogP contribution in [0.15, 0.2) is 18.2 Å². The average Bonchev–Trinajstić information content (AvgIpc) is 2.62. The van der Waals surface area contributed by atoms with Gasteiger partial charge in [-0.15, -0.1) is 0 Å². The molecule has 1 aliphatic carbocycles. The van der Waals surface area contributed by atoms with Crippen LogP contribution in [0.1, 0.15) is 37.2 Å². The quantitative estimate of drug-likeness (QED) is 0.639. The van der Waals surface area contributed by atoms with E-state index in [9.17, 15) is 0 Å². The Labute approximate surface area is 88.9 Å². The standard InChI is InChI=1S/C11H12Cl2/c12-10-6-5-9(7-11(10)13)8-3-1-2-4-8/h5-8H,1-4H2.